The maximum absolute atomic E-state index is 4.49. The van der Waals surface area contributed by atoms with E-state index < -0.39 is 0 Å². The van der Waals surface area contributed by atoms with Gasteiger partial charge in [0.1, 0.15) is 0 Å². The van der Waals surface area contributed by atoms with Crippen molar-refractivity contribution >= 4 is 11.1 Å². The van der Waals surface area contributed by atoms with Gasteiger partial charge in [-0.15, -0.1) is 0 Å². The SMILES string of the molecule is C=C(CCC)CCCC(=C)CC1=C(c2ccccc2)Cc2ccccc2C1=C. The third kappa shape index (κ3) is 4.81. The van der Waals surface area contributed by atoms with E-state index in [1.807, 2.05) is 0 Å². The van der Waals surface area contributed by atoms with Crippen LogP contribution in [0.25, 0.3) is 11.1 Å². The number of hydrogen-bond donors (Lipinski definition) is 0. The molecule has 0 spiro atoms. The molecule has 0 amide bonds. The Kier molecular flexibility index (Phi) is 6.87. The van der Waals surface area contributed by atoms with E-state index in [4.69, 9.17) is 0 Å². The van der Waals surface area contributed by atoms with Crippen LogP contribution in [0.3, 0.4) is 0 Å². The summed E-state index contributed by atoms with van der Waals surface area (Å²) in [6.45, 7) is 15.3. The van der Waals surface area contributed by atoms with E-state index in [0.717, 1.165) is 44.1 Å². The minimum absolute atomic E-state index is 0.914. The molecule has 0 heterocycles. The molecule has 3 rings (SSSR count). The van der Waals surface area contributed by atoms with E-state index in [1.165, 1.54) is 45.4 Å². The van der Waals surface area contributed by atoms with Gasteiger partial charge in [-0.3, -0.25) is 0 Å². The van der Waals surface area contributed by atoms with Crippen molar-refractivity contribution in [3.63, 3.8) is 0 Å². The van der Waals surface area contributed by atoms with Crippen molar-refractivity contribution < 1.29 is 0 Å². The molecule has 0 bridgehead atoms. The van der Waals surface area contributed by atoms with Gasteiger partial charge < -0.3 is 0 Å². The summed E-state index contributed by atoms with van der Waals surface area (Å²) < 4.78 is 0. The lowest BCUT2D eigenvalue weighted by atomic mass is 9.78. The van der Waals surface area contributed by atoms with Gasteiger partial charge >= 0.3 is 0 Å². The van der Waals surface area contributed by atoms with Crippen LogP contribution in [0.15, 0.2) is 91.1 Å². The fourth-order valence-corrected chi connectivity index (χ4v) is 4.15. The Morgan fingerprint density at radius 2 is 1.54 bits per heavy atom. The number of benzene rings is 2. The monoisotopic (exact) mass is 368 g/mol. The Balaban J connectivity index is 1.80. The predicted octanol–water partition coefficient (Wildman–Crippen LogP) is 8.18. The number of rotatable bonds is 9. The first kappa shape index (κ1) is 20.1. The fraction of sp³-hybridized carbons (Fsp3) is 0.286. The van der Waals surface area contributed by atoms with Crippen LogP contribution in [-0.2, 0) is 6.42 Å². The van der Waals surface area contributed by atoms with Crippen molar-refractivity contribution in [1.82, 2.24) is 0 Å². The molecule has 1 aliphatic carbocycles. The lowest BCUT2D eigenvalue weighted by Crippen LogP contribution is -2.08. The third-order valence-corrected chi connectivity index (χ3v) is 5.65. The van der Waals surface area contributed by atoms with Gasteiger partial charge in [0.2, 0.25) is 0 Å². The molecule has 0 N–H and O–H groups in total. The average molecular weight is 369 g/mol. The van der Waals surface area contributed by atoms with Crippen LogP contribution in [0.2, 0.25) is 0 Å². The van der Waals surface area contributed by atoms with E-state index >= 15 is 0 Å². The molecule has 0 aliphatic heterocycles. The molecule has 2 aromatic carbocycles. The molecule has 0 atom stereocenters. The molecular weight excluding hydrogens is 336 g/mol. The van der Waals surface area contributed by atoms with Crippen molar-refractivity contribution in [2.24, 2.45) is 0 Å². The van der Waals surface area contributed by atoms with Gasteiger partial charge in [0, 0.05) is 0 Å². The van der Waals surface area contributed by atoms with Gasteiger partial charge in [-0.2, -0.15) is 0 Å². The summed E-state index contributed by atoms with van der Waals surface area (Å²) in [6.07, 6.45) is 7.53. The molecule has 0 aromatic heterocycles. The number of hydrogen-bond acceptors (Lipinski definition) is 0. The lowest BCUT2D eigenvalue weighted by molar-refractivity contribution is 0.749. The van der Waals surface area contributed by atoms with Crippen molar-refractivity contribution in [3.8, 4) is 0 Å². The first-order chi connectivity index (χ1) is 13.6. The van der Waals surface area contributed by atoms with Crippen LogP contribution in [-0.4, -0.2) is 0 Å². The Bertz CT molecular complexity index is 893. The topological polar surface area (TPSA) is 0 Å². The van der Waals surface area contributed by atoms with Crippen molar-refractivity contribution in [2.45, 2.75) is 51.9 Å². The smallest absolute Gasteiger partial charge is 0.00106 e. The van der Waals surface area contributed by atoms with Crippen LogP contribution < -0.4 is 0 Å². The highest BCUT2D eigenvalue weighted by Gasteiger charge is 2.22. The Labute approximate surface area is 171 Å². The first-order valence-electron chi connectivity index (χ1n) is 10.5. The summed E-state index contributed by atoms with van der Waals surface area (Å²) in [4.78, 5) is 0. The maximum Gasteiger partial charge on any atom is -0.00106 e. The zero-order valence-corrected chi connectivity index (χ0v) is 17.3. The number of allylic oxidation sites excluding steroid dienone is 5. The van der Waals surface area contributed by atoms with E-state index in [2.05, 4.69) is 81.3 Å². The van der Waals surface area contributed by atoms with Gasteiger partial charge in [-0.05, 0) is 71.9 Å². The molecule has 1 aliphatic rings. The van der Waals surface area contributed by atoms with Crippen molar-refractivity contribution in [3.05, 3.63) is 108 Å². The summed E-state index contributed by atoms with van der Waals surface area (Å²) >= 11 is 0. The van der Waals surface area contributed by atoms with Gasteiger partial charge in [0.05, 0.1) is 0 Å². The summed E-state index contributed by atoms with van der Waals surface area (Å²) in [6, 6.07) is 19.4. The van der Waals surface area contributed by atoms with Gasteiger partial charge in [0.15, 0.2) is 0 Å². The quantitative estimate of drug-likeness (QED) is 0.391. The highest BCUT2D eigenvalue weighted by molar-refractivity contribution is 5.93. The Morgan fingerprint density at radius 1 is 0.857 bits per heavy atom. The molecule has 2 aromatic rings. The van der Waals surface area contributed by atoms with Crippen molar-refractivity contribution in [2.75, 3.05) is 0 Å². The fourth-order valence-electron chi connectivity index (χ4n) is 4.15. The van der Waals surface area contributed by atoms with Gasteiger partial charge in [0.25, 0.3) is 0 Å². The van der Waals surface area contributed by atoms with Crippen LogP contribution in [0.5, 0.6) is 0 Å². The molecule has 144 valence electrons. The zero-order chi connectivity index (χ0) is 19.9. The van der Waals surface area contributed by atoms with E-state index in [9.17, 15) is 0 Å². The molecule has 28 heavy (non-hydrogen) atoms. The highest BCUT2D eigenvalue weighted by atomic mass is 14.3. The molecule has 0 heteroatoms. The third-order valence-electron chi connectivity index (χ3n) is 5.65. The maximum atomic E-state index is 4.49. The standard InChI is InChI=1S/C28H32/c1-5-12-21(2)13-11-14-22(3)19-27-23(4)26-18-10-9-17-25(26)20-28(27)24-15-7-6-8-16-24/h6-10,15-18H,2-5,11-14,19-20H2,1H3. The molecule has 0 nitrogen and oxygen atoms in total. The second-order valence-corrected chi connectivity index (χ2v) is 7.92. The molecule has 0 fully saturated rings. The minimum Gasteiger partial charge on any atom is -0.0999 e. The van der Waals surface area contributed by atoms with Gasteiger partial charge in [-0.1, -0.05) is 98.8 Å². The van der Waals surface area contributed by atoms with Gasteiger partial charge in [-0.25, -0.2) is 0 Å². The second-order valence-electron chi connectivity index (χ2n) is 7.92. The van der Waals surface area contributed by atoms with Crippen LogP contribution in [0.1, 0.15) is 62.1 Å². The Morgan fingerprint density at radius 3 is 2.29 bits per heavy atom. The molecular formula is C28H32. The Hall–Kier alpha value is -2.60. The lowest BCUT2D eigenvalue weighted by Gasteiger charge is -2.26. The van der Waals surface area contributed by atoms with Crippen LogP contribution in [0.4, 0.5) is 0 Å². The summed E-state index contributed by atoms with van der Waals surface area (Å²) in [5.41, 5.74) is 10.6. The summed E-state index contributed by atoms with van der Waals surface area (Å²) in [5, 5.41) is 0. The average Bonchev–Trinajstić information content (AvgIpc) is 2.71. The summed E-state index contributed by atoms with van der Waals surface area (Å²) in [5.74, 6) is 0. The minimum atomic E-state index is 0.914. The largest absolute Gasteiger partial charge is 0.0999 e. The van der Waals surface area contributed by atoms with E-state index in [0.29, 0.717) is 0 Å². The van der Waals surface area contributed by atoms with Crippen molar-refractivity contribution in [1.29, 1.82) is 0 Å². The number of fused-ring (bicyclic) bond motifs is 1. The first-order valence-corrected chi connectivity index (χ1v) is 10.5. The molecule has 0 saturated carbocycles. The second kappa shape index (κ2) is 9.55. The van der Waals surface area contributed by atoms with E-state index in [-0.39, 0.29) is 0 Å². The summed E-state index contributed by atoms with van der Waals surface area (Å²) in [7, 11) is 0. The predicted molar refractivity (Wildman–Crippen MR) is 124 cm³/mol. The normalized spacial score (nSPS) is 13.4. The van der Waals surface area contributed by atoms with Crippen LogP contribution >= 0.6 is 0 Å². The zero-order valence-electron chi connectivity index (χ0n) is 17.3. The molecule has 0 saturated heterocycles. The molecule has 0 unspecified atom stereocenters. The molecule has 0 radical (unpaired) electrons. The van der Waals surface area contributed by atoms with E-state index in [1.54, 1.807) is 0 Å². The highest BCUT2D eigenvalue weighted by Crippen LogP contribution is 2.41. The van der Waals surface area contributed by atoms with Crippen LogP contribution in [0, 0.1) is 0 Å².